The quantitative estimate of drug-likeness (QED) is 0.437. The van der Waals surface area contributed by atoms with Gasteiger partial charge in [-0.25, -0.2) is 0 Å². The van der Waals surface area contributed by atoms with Crippen molar-refractivity contribution in [1.29, 1.82) is 0 Å². The maximum absolute atomic E-state index is 6.24. The van der Waals surface area contributed by atoms with Crippen LogP contribution >= 0.6 is 0 Å². The van der Waals surface area contributed by atoms with Crippen molar-refractivity contribution in [3.63, 3.8) is 0 Å². The number of fused-ring (bicyclic) bond motifs is 2. The molecule has 3 heteroatoms. The fraction of sp³-hybridized carbons (Fsp3) is 0.357. The van der Waals surface area contributed by atoms with Crippen LogP contribution in [0.3, 0.4) is 0 Å². The number of anilines is 3. The van der Waals surface area contributed by atoms with E-state index in [0.717, 1.165) is 11.3 Å². The zero-order valence-corrected chi connectivity index (χ0v) is 19.3. The van der Waals surface area contributed by atoms with Gasteiger partial charge >= 0.3 is 0 Å². The second-order valence-corrected chi connectivity index (χ2v) is 10.2. The molecule has 0 saturated carbocycles. The van der Waals surface area contributed by atoms with E-state index in [4.69, 9.17) is 9.47 Å². The fourth-order valence-electron chi connectivity index (χ4n) is 4.71. The molecule has 2 aliphatic rings. The van der Waals surface area contributed by atoms with Gasteiger partial charge in [-0.3, -0.25) is 0 Å². The third-order valence-electron chi connectivity index (χ3n) is 7.31. The first-order valence-corrected chi connectivity index (χ1v) is 11.1. The Morgan fingerprint density at radius 1 is 0.613 bits per heavy atom. The predicted octanol–water partition coefficient (Wildman–Crippen LogP) is 7.40. The van der Waals surface area contributed by atoms with Crippen molar-refractivity contribution in [1.82, 2.24) is 0 Å². The molecule has 31 heavy (non-hydrogen) atoms. The predicted molar refractivity (Wildman–Crippen MR) is 126 cm³/mol. The summed E-state index contributed by atoms with van der Waals surface area (Å²) in [5.74, 6) is 0. The minimum Gasteiger partial charge on any atom is -0.339 e. The smallest absolute Gasteiger partial charge is 0.185 e. The van der Waals surface area contributed by atoms with Gasteiger partial charge in [0, 0.05) is 16.7 Å². The van der Waals surface area contributed by atoms with E-state index in [1.54, 1.807) is 0 Å². The van der Waals surface area contributed by atoms with Crippen molar-refractivity contribution in [2.75, 3.05) is 4.90 Å². The summed E-state index contributed by atoms with van der Waals surface area (Å²) in [7, 11) is 0. The van der Waals surface area contributed by atoms with Crippen LogP contribution in [0.5, 0.6) is 0 Å². The average molecular weight is 414 g/mol. The zero-order valence-electron chi connectivity index (χ0n) is 19.3. The molecule has 0 bridgehead atoms. The van der Waals surface area contributed by atoms with Crippen LogP contribution in [-0.4, -0.2) is 11.2 Å². The highest BCUT2D eigenvalue weighted by molar-refractivity contribution is 5.85. The number of rotatable bonds is 2. The molecule has 3 aromatic carbocycles. The van der Waals surface area contributed by atoms with E-state index >= 15 is 0 Å². The number of hydrogen-bond acceptors (Lipinski definition) is 3. The molecular formula is C28H31NO2. The molecule has 0 radical (unpaired) electrons. The molecule has 0 unspecified atom stereocenters. The molecule has 0 aliphatic carbocycles. The van der Waals surface area contributed by atoms with E-state index in [1.165, 1.54) is 22.5 Å². The summed E-state index contributed by atoms with van der Waals surface area (Å²) in [6.07, 6.45) is -0.348. The summed E-state index contributed by atoms with van der Waals surface area (Å²) in [6.45, 7) is 13.0. The van der Waals surface area contributed by atoms with Gasteiger partial charge in [0.1, 0.15) is 0 Å². The molecule has 160 valence electrons. The Balaban J connectivity index is 1.56. The van der Waals surface area contributed by atoms with Crippen molar-refractivity contribution in [2.24, 2.45) is 0 Å². The van der Waals surface area contributed by atoms with Crippen LogP contribution in [0.25, 0.3) is 0 Å². The molecular weight excluding hydrogens is 382 g/mol. The summed E-state index contributed by atoms with van der Waals surface area (Å²) < 4.78 is 12.5. The molecule has 0 amide bonds. The van der Waals surface area contributed by atoms with Gasteiger partial charge in [-0.1, -0.05) is 62.4 Å². The third kappa shape index (κ3) is 3.02. The van der Waals surface area contributed by atoms with E-state index in [0.29, 0.717) is 0 Å². The number of hydrogen-bond donors (Lipinski definition) is 0. The summed E-state index contributed by atoms with van der Waals surface area (Å²) in [5, 5.41) is 0. The molecule has 2 aliphatic heterocycles. The molecule has 3 aromatic rings. The Morgan fingerprint density at radius 3 is 1.55 bits per heavy atom. The van der Waals surface area contributed by atoms with Crippen LogP contribution in [0.1, 0.15) is 64.5 Å². The van der Waals surface area contributed by atoms with E-state index < -0.39 is 0 Å². The highest BCUT2D eigenvalue weighted by Gasteiger charge is 2.49. The van der Waals surface area contributed by atoms with E-state index in [2.05, 4.69) is 119 Å². The first kappa shape index (κ1) is 20.3. The third-order valence-corrected chi connectivity index (χ3v) is 7.31. The average Bonchev–Trinajstić information content (AvgIpc) is 2.96. The van der Waals surface area contributed by atoms with Gasteiger partial charge in [0.05, 0.1) is 22.6 Å². The van der Waals surface area contributed by atoms with Gasteiger partial charge in [-0.05, 0) is 63.1 Å². The molecule has 1 saturated heterocycles. The summed E-state index contributed by atoms with van der Waals surface area (Å²) in [5.41, 5.74) is 6.58. The van der Waals surface area contributed by atoms with Crippen LogP contribution in [0.15, 0.2) is 72.8 Å². The Morgan fingerprint density at radius 2 is 1.06 bits per heavy atom. The molecule has 0 N–H and O–H groups in total. The van der Waals surface area contributed by atoms with Crippen molar-refractivity contribution in [3.8, 4) is 0 Å². The molecule has 3 nitrogen and oxygen atoms in total. The lowest BCUT2D eigenvalue weighted by Crippen LogP contribution is -2.41. The van der Waals surface area contributed by atoms with Gasteiger partial charge in [0.15, 0.2) is 6.29 Å². The number of nitrogens with zero attached hydrogens (tertiary/aromatic N) is 1. The fourth-order valence-corrected chi connectivity index (χ4v) is 4.71. The van der Waals surface area contributed by atoms with E-state index in [9.17, 15) is 0 Å². The van der Waals surface area contributed by atoms with Crippen LogP contribution in [-0.2, 0) is 14.9 Å². The molecule has 0 aromatic heterocycles. The lowest BCUT2D eigenvalue weighted by atomic mass is 9.73. The topological polar surface area (TPSA) is 21.7 Å². The lowest BCUT2D eigenvalue weighted by Gasteiger charge is -2.42. The van der Waals surface area contributed by atoms with Gasteiger partial charge in [-0.2, -0.15) is 0 Å². The van der Waals surface area contributed by atoms with Crippen LogP contribution in [0.2, 0.25) is 0 Å². The summed E-state index contributed by atoms with van der Waals surface area (Å²) >= 11 is 0. The first-order valence-electron chi connectivity index (χ1n) is 11.1. The lowest BCUT2D eigenvalue weighted by molar-refractivity contribution is -0.0895. The number of benzene rings is 3. The standard InChI is InChI=1S/C28H31NO2/c1-26(2)21-11-7-9-13-23(21)29(24-14-10-8-12-22(24)26)20-17-15-19(16-18-20)25-30-27(3,4)28(5,6)31-25/h7-18,25H,1-6H3. The van der Waals surface area contributed by atoms with E-state index in [1.807, 2.05) is 0 Å². The SMILES string of the molecule is CC1(C)c2ccccc2N(c2ccc(C3OC(C)(C)C(C)(C)O3)cc2)c2ccccc21. The van der Waals surface area contributed by atoms with Gasteiger partial charge in [-0.15, -0.1) is 0 Å². The monoisotopic (exact) mass is 413 g/mol. The highest BCUT2D eigenvalue weighted by atomic mass is 16.7. The Hall–Kier alpha value is -2.62. The van der Waals surface area contributed by atoms with Gasteiger partial charge < -0.3 is 14.4 Å². The summed E-state index contributed by atoms with van der Waals surface area (Å²) in [6, 6.07) is 26.0. The van der Waals surface area contributed by atoms with Crippen molar-refractivity contribution >= 4 is 17.1 Å². The van der Waals surface area contributed by atoms with Crippen LogP contribution < -0.4 is 4.90 Å². The first-order chi connectivity index (χ1) is 14.6. The maximum Gasteiger partial charge on any atom is 0.185 e. The maximum atomic E-state index is 6.24. The molecule has 0 atom stereocenters. The normalized spacial score (nSPS) is 20.9. The van der Waals surface area contributed by atoms with Crippen LogP contribution in [0, 0.1) is 0 Å². The second kappa shape index (κ2) is 6.69. The van der Waals surface area contributed by atoms with Crippen LogP contribution in [0.4, 0.5) is 17.1 Å². The largest absolute Gasteiger partial charge is 0.339 e. The van der Waals surface area contributed by atoms with Gasteiger partial charge in [0.2, 0.25) is 0 Å². The van der Waals surface area contributed by atoms with Crippen molar-refractivity contribution in [2.45, 2.75) is 64.4 Å². The Kier molecular flexibility index (Phi) is 4.38. The summed E-state index contributed by atoms with van der Waals surface area (Å²) in [4.78, 5) is 2.37. The van der Waals surface area contributed by atoms with Gasteiger partial charge in [0.25, 0.3) is 0 Å². The molecule has 2 heterocycles. The van der Waals surface area contributed by atoms with Crippen molar-refractivity contribution in [3.05, 3.63) is 89.5 Å². The van der Waals surface area contributed by atoms with Crippen molar-refractivity contribution < 1.29 is 9.47 Å². The van der Waals surface area contributed by atoms with E-state index in [-0.39, 0.29) is 22.9 Å². The second-order valence-electron chi connectivity index (χ2n) is 10.2. The number of para-hydroxylation sites is 2. The Labute approximate surface area is 185 Å². The highest BCUT2D eigenvalue weighted by Crippen LogP contribution is 2.52. The number of ether oxygens (including phenoxy) is 2. The zero-order chi connectivity index (χ0) is 22.0. The minimum atomic E-state index is -0.348. The molecule has 0 spiro atoms. The molecule has 1 fully saturated rings. The Bertz CT molecular complexity index is 1060. The minimum absolute atomic E-state index is 0.0493. The molecule has 5 rings (SSSR count).